The molecule has 1 aromatic heterocycles. The van der Waals surface area contributed by atoms with Gasteiger partial charge in [-0.25, -0.2) is 10.4 Å². The van der Waals surface area contributed by atoms with E-state index < -0.39 is 5.95 Å². The molecule has 2 fully saturated rings. The van der Waals surface area contributed by atoms with Gasteiger partial charge in [0.2, 0.25) is 5.95 Å². The van der Waals surface area contributed by atoms with E-state index in [-0.39, 0.29) is 17.6 Å². The van der Waals surface area contributed by atoms with Crippen LogP contribution >= 0.6 is 0 Å². The van der Waals surface area contributed by atoms with Crippen molar-refractivity contribution >= 4 is 5.91 Å². The molecule has 21 heavy (non-hydrogen) atoms. The highest BCUT2D eigenvalue weighted by Gasteiger charge is 2.32. The molecule has 0 radical (unpaired) electrons. The largest absolute Gasteiger partial charge is 0.381 e. The van der Waals surface area contributed by atoms with Crippen LogP contribution in [0.15, 0.2) is 18.3 Å². The molecule has 2 atom stereocenters. The predicted molar refractivity (Wildman–Crippen MR) is 73.7 cm³/mol. The zero-order chi connectivity index (χ0) is 14.7. The fraction of sp³-hybridized carbons (Fsp3) is 0.571. The lowest BCUT2D eigenvalue weighted by Crippen LogP contribution is -2.45. The molecule has 1 amide bonds. The first-order valence-corrected chi connectivity index (χ1v) is 7.23. The second kappa shape index (κ2) is 6.46. The maximum absolute atomic E-state index is 13.0. The van der Waals surface area contributed by atoms with E-state index in [9.17, 15) is 9.18 Å². The van der Waals surface area contributed by atoms with Crippen LogP contribution in [0, 0.1) is 11.9 Å². The minimum atomic E-state index is -0.653. The normalized spacial score (nSPS) is 26.7. The van der Waals surface area contributed by atoms with Crippen molar-refractivity contribution in [3.8, 4) is 0 Å². The molecule has 3 heterocycles. The van der Waals surface area contributed by atoms with Crippen LogP contribution in [0.3, 0.4) is 0 Å². The Morgan fingerprint density at radius 3 is 2.95 bits per heavy atom. The predicted octanol–water partition coefficient (Wildman–Crippen LogP) is 0.570. The number of aromatic nitrogens is 1. The molecule has 6 nitrogen and oxygen atoms in total. The SMILES string of the molecule is O=C(NC1CC(C2CCOCC2)NN1)c1ccnc(F)c1. The number of hydrazine groups is 1. The molecule has 2 saturated heterocycles. The Balaban J connectivity index is 1.53. The first-order chi connectivity index (χ1) is 10.2. The summed E-state index contributed by atoms with van der Waals surface area (Å²) in [6.07, 6.45) is 4.02. The first-order valence-electron chi connectivity index (χ1n) is 7.23. The molecule has 2 unspecified atom stereocenters. The summed E-state index contributed by atoms with van der Waals surface area (Å²) in [6, 6.07) is 2.96. The minimum absolute atomic E-state index is 0.151. The average Bonchev–Trinajstić information content (AvgIpc) is 2.97. The Kier molecular flexibility index (Phi) is 4.42. The Morgan fingerprint density at radius 1 is 1.38 bits per heavy atom. The first kappa shape index (κ1) is 14.4. The monoisotopic (exact) mass is 294 g/mol. The molecule has 114 valence electrons. The lowest BCUT2D eigenvalue weighted by molar-refractivity contribution is 0.0553. The van der Waals surface area contributed by atoms with Gasteiger partial charge in [0, 0.05) is 37.1 Å². The van der Waals surface area contributed by atoms with Crippen LogP contribution in [-0.2, 0) is 4.74 Å². The van der Waals surface area contributed by atoms with Crippen molar-refractivity contribution in [2.45, 2.75) is 31.5 Å². The molecular formula is C14H19FN4O2. The Bertz CT molecular complexity index is 508. The van der Waals surface area contributed by atoms with Gasteiger partial charge in [-0.15, -0.1) is 0 Å². The lowest BCUT2D eigenvalue weighted by atomic mass is 9.90. The summed E-state index contributed by atoms with van der Waals surface area (Å²) in [7, 11) is 0. The van der Waals surface area contributed by atoms with Gasteiger partial charge in [0.1, 0.15) is 0 Å². The van der Waals surface area contributed by atoms with Gasteiger partial charge >= 0.3 is 0 Å². The van der Waals surface area contributed by atoms with Crippen molar-refractivity contribution in [1.29, 1.82) is 0 Å². The second-order valence-electron chi connectivity index (χ2n) is 5.47. The zero-order valence-corrected chi connectivity index (χ0v) is 11.6. The summed E-state index contributed by atoms with van der Waals surface area (Å²) in [4.78, 5) is 15.5. The van der Waals surface area contributed by atoms with Crippen LogP contribution in [0.5, 0.6) is 0 Å². The highest BCUT2D eigenvalue weighted by atomic mass is 19.1. The zero-order valence-electron chi connectivity index (χ0n) is 11.6. The number of halogens is 1. The van der Waals surface area contributed by atoms with Crippen LogP contribution in [0.1, 0.15) is 29.6 Å². The van der Waals surface area contributed by atoms with E-state index in [1.807, 2.05) is 0 Å². The number of nitrogens with one attached hydrogen (secondary N) is 3. The average molecular weight is 294 g/mol. The summed E-state index contributed by atoms with van der Waals surface area (Å²) in [6.45, 7) is 1.60. The van der Waals surface area contributed by atoms with Gasteiger partial charge in [0.25, 0.3) is 5.91 Å². The number of carbonyl (C=O) groups is 1. The molecule has 2 aliphatic rings. The molecule has 7 heteroatoms. The van der Waals surface area contributed by atoms with Crippen LogP contribution in [0.25, 0.3) is 0 Å². The summed E-state index contributed by atoms with van der Waals surface area (Å²) >= 11 is 0. The van der Waals surface area contributed by atoms with E-state index in [1.165, 1.54) is 12.3 Å². The molecule has 0 bridgehead atoms. The van der Waals surface area contributed by atoms with Gasteiger partial charge in [-0.05, 0) is 31.2 Å². The molecule has 3 rings (SSSR count). The van der Waals surface area contributed by atoms with Crippen LogP contribution < -0.4 is 16.2 Å². The lowest BCUT2D eigenvalue weighted by Gasteiger charge is -2.26. The highest BCUT2D eigenvalue weighted by molar-refractivity contribution is 5.94. The number of nitrogens with zero attached hydrogens (tertiary/aromatic N) is 1. The van der Waals surface area contributed by atoms with Gasteiger partial charge in [0.15, 0.2) is 0 Å². The van der Waals surface area contributed by atoms with Crippen LogP contribution in [0.4, 0.5) is 4.39 Å². The van der Waals surface area contributed by atoms with Crippen LogP contribution in [0.2, 0.25) is 0 Å². The topological polar surface area (TPSA) is 75.3 Å². The smallest absolute Gasteiger partial charge is 0.252 e. The van der Waals surface area contributed by atoms with Crippen LogP contribution in [-0.4, -0.2) is 36.3 Å². The molecular weight excluding hydrogens is 275 g/mol. The van der Waals surface area contributed by atoms with Crippen molar-refractivity contribution in [2.24, 2.45) is 5.92 Å². The fourth-order valence-electron chi connectivity index (χ4n) is 2.89. The maximum atomic E-state index is 13.0. The molecule has 3 N–H and O–H groups in total. The van der Waals surface area contributed by atoms with Gasteiger partial charge in [-0.2, -0.15) is 4.39 Å². The van der Waals surface area contributed by atoms with Crippen molar-refractivity contribution in [1.82, 2.24) is 21.2 Å². The van der Waals surface area contributed by atoms with Crippen molar-refractivity contribution < 1.29 is 13.9 Å². The molecule has 0 aromatic carbocycles. The van der Waals surface area contributed by atoms with Crippen molar-refractivity contribution in [3.05, 3.63) is 29.8 Å². The van der Waals surface area contributed by atoms with E-state index in [0.717, 1.165) is 38.5 Å². The highest BCUT2D eigenvalue weighted by Crippen LogP contribution is 2.23. The van der Waals surface area contributed by atoms with Gasteiger partial charge in [0.05, 0.1) is 6.17 Å². The number of rotatable bonds is 3. The minimum Gasteiger partial charge on any atom is -0.381 e. The van der Waals surface area contributed by atoms with Gasteiger partial charge in [-0.1, -0.05) is 0 Å². The Morgan fingerprint density at radius 2 is 2.19 bits per heavy atom. The van der Waals surface area contributed by atoms with Gasteiger partial charge < -0.3 is 10.1 Å². The molecule has 0 saturated carbocycles. The third-order valence-electron chi connectivity index (χ3n) is 4.06. The Labute approximate surface area is 122 Å². The summed E-state index contributed by atoms with van der Waals surface area (Å²) in [5.41, 5.74) is 6.60. The molecule has 0 aliphatic carbocycles. The Hall–Kier alpha value is -1.57. The van der Waals surface area contributed by atoms with E-state index in [0.29, 0.717) is 12.0 Å². The van der Waals surface area contributed by atoms with E-state index in [2.05, 4.69) is 21.2 Å². The number of hydrogen-bond donors (Lipinski definition) is 3. The second-order valence-corrected chi connectivity index (χ2v) is 5.47. The van der Waals surface area contributed by atoms with Crippen molar-refractivity contribution in [3.63, 3.8) is 0 Å². The quantitative estimate of drug-likeness (QED) is 0.711. The number of hydrogen-bond acceptors (Lipinski definition) is 5. The number of ether oxygens (including phenoxy) is 1. The fourth-order valence-corrected chi connectivity index (χ4v) is 2.89. The van der Waals surface area contributed by atoms with Crippen molar-refractivity contribution in [2.75, 3.05) is 13.2 Å². The summed E-state index contributed by atoms with van der Waals surface area (Å²) in [5.74, 6) is -0.394. The number of amides is 1. The third kappa shape index (κ3) is 3.55. The third-order valence-corrected chi connectivity index (χ3v) is 4.06. The molecule has 2 aliphatic heterocycles. The maximum Gasteiger partial charge on any atom is 0.252 e. The summed E-state index contributed by atoms with van der Waals surface area (Å²) in [5, 5.41) is 2.85. The summed E-state index contributed by atoms with van der Waals surface area (Å²) < 4.78 is 18.4. The van der Waals surface area contributed by atoms with E-state index in [4.69, 9.17) is 4.74 Å². The van der Waals surface area contributed by atoms with E-state index >= 15 is 0 Å². The number of carbonyl (C=O) groups excluding carboxylic acids is 1. The molecule has 0 spiro atoms. The van der Waals surface area contributed by atoms with E-state index in [1.54, 1.807) is 0 Å². The van der Waals surface area contributed by atoms with Gasteiger partial charge in [-0.3, -0.25) is 10.2 Å². The standard InChI is InChI=1S/C14H19FN4O2/c15-12-7-10(1-4-16-12)14(20)17-13-8-11(18-19-13)9-2-5-21-6-3-9/h1,4,7,9,11,13,18-19H,2-3,5-6,8H2,(H,17,20). The number of pyridine rings is 1. The molecule has 1 aromatic rings.